The van der Waals surface area contributed by atoms with Crippen molar-refractivity contribution in [2.75, 3.05) is 5.32 Å². The smallest absolute Gasteiger partial charge is 0.263 e. The number of nitrogens with zero attached hydrogens (tertiary/aromatic N) is 3. The van der Waals surface area contributed by atoms with Gasteiger partial charge >= 0.3 is 0 Å². The molecule has 0 aliphatic heterocycles. The van der Waals surface area contributed by atoms with Crippen LogP contribution in [0.25, 0.3) is 10.9 Å². The topological polar surface area (TPSA) is 97.1 Å². The number of carbonyl (C=O) groups is 1. The maximum atomic E-state index is 13.1. The molecule has 150 valence electrons. The van der Waals surface area contributed by atoms with E-state index in [1.807, 2.05) is 12.1 Å². The van der Waals surface area contributed by atoms with Crippen LogP contribution in [0.15, 0.2) is 53.8 Å². The lowest BCUT2D eigenvalue weighted by Crippen LogP contribution is -2.35. The van der Waals surface area contributed by atoms with E-state index in [1.54, 1.807) is 30.6 Å². The van der Waals surface area contributed by atoms with Crippen molar-refractivity contribution in [1.82, 2.24) is 14.5 Å². The normalized spacial score (nSPS) is 21.8. The van der Waals surface area contributed by atoms with Gasteiger partial charge in [-0.2, -0.15) is 0 Å². The number of amides is 1. The Balaban J connectivity index is 1.63. The van der Waals surface area contributed by atoms with E-state index >= 15 is 0 Å². The number of hydrogen-bond donors (Lipinski definition) is 2. The number of hydrogen-bond acceptors (Lipinski definition) is 5. The number of rotatable bonds is 4. The number of fused-ring (bicyclic) bond motifs is 1. The van der Waals surface area contributed by atoms with E-state index in [0.29, 0.717) is 42.4 Å². The van der Waals surface area contributed by atoms with Crippen LogP contribution in [0.4, 0.5) is 5.69 Å². The molecule has 3 atom stereocenters. The second-order valence-corrected chi connectivity index (χ2v) is 7.88. The number of carbonyl (C=O) groups excluding carboxylic acids is 1. The lowest BCUT2D eigenvalue weighted by atomic mass is 9.86. The SMILES string of the molecule is O=C(Nc1cccc2ncn(Cc3ccncc3)c(=O)c12)C1CCC(O)C(Cl)C1. The number of benzene rings is 1. The monoisotopic (exact) mass is 412 g/mol. The summed E-state index contributed by atoms with van der Waals surface area (Å²) in [6, 6.07) is 8.88. The Bertz CT molecular complexity index is 1090. The van der Waals surface area contributed by atoms with Crippen molar-refractivity contribution in [3.05, 3.63) is 65.0 Å². The number of anilines is 1. The van der Waals surface area contributed by atoms with Crippen molar-refractivity contribution in [1.29, 1.82) is 0 Å². The number of nitrogens with one attached hydrogen (secondary N) is 1. The lowest BCUT2D eigenvalue weighted by molar-refractivity contribution is -0.121. The van der Waals surface area contributed by atoms with E-state index in [-0.39, 0.29) is 17.4 Å². The van der Waals surface area contributed by atoms with Gasteiger partial charge in [-0.15, -0.1) is 11.6 Å². The quantitative estimate of drug-likeness (QED) is 0.642. The number of pyridine rings is 1. The Morgan fingerprint density at radius 3 is 2.79 bits per heavy atom. The number of alkyl halides is 1. The van der Waals surface area contributed by atoms with Crippen molar-refractivity contribution in [2.45, 2.75) is 37.3 Å². The zero-order valence-electron chi connectivity index (χ0n) is 15.7. The van der Waals surface area contributed by atoms with Crippen molar-refractivity contribution < 1.29 is 9.90 Å². The third-order valence-electron chi connectivity index (χ3n) is 5.32. The molecule has 1 saturated carbocycles. The molecule has 7 nitrogen and oxygen atoms in total. The molecular formula is C21H21ClN4O3. The number of halogens is 1. The van der Waals surface area contributed by atoms with Crippen LogP contribution >= 0.6 is 11.6 Å². The van der Waals surface area contributed by atoms with E-state index in [0.717, 1.165) is 5.56 Å². The van der Waals surface area contributed by atoms with Crippen molar-refractivity contribution in [2.24, 2.45) is 5.92 Å². The van der Waals surface area contributed by atoms with Gasteiger partial charge in [0.05, 0.1) is 40.9 Å². The van der Waals surface area contributed by atoms with Gasteiger partial charge in [0, 0.05) is 18.3 Å². The van der Waals surface area contributed by atoms with Gasteiger partial charge in [-0.05, 0) is 49.1 Å². The molecular weight excluding hydrogens is 392 g/mol. The minimum absolute atomic E-state index is 0.195. The Morgan fingerprint density at radius 2 is 2.03 bits per heavy atom. The molecule has 1 aliphatic carbocycles. The zero-order chi connectivity index (χ0) is 20.4. The summed E-state index contributed by atoms with van der Waals surface area (Å²) in [5.74, 6) is -0.495. The summed E-state index contributed by atoms with van der Waals surface area (Å²) in [5, 5.41) is 12.6. The van der Waals surface area contributed by atoms with Crippen LogP contribution in [0.1, 0.15) is 24.8 Å². The molecule has 0 saturated heterocycles. The first-order valence-electron chi connectivity index (χ1n) is 9.53. The molecule has 3 aromatic rings. The highest BCUT2D eigenvalue weighted by Crippen LogP contribution is 2.30. The van der Waals surface area contributed by atoms with Crippen LogP contribution < -0.4 is 10.9 Å². The van der Waals surface area contributed by atoms with Crippen LogP contribution in [0.5, 0.6) is 0 Å². The summed E-state index contributed by atoms with van der Waals surface area (Å²) >= 11 is 6.13. The fourth-order valence-corrected chi connectivity index (χ4v) is 4.02. The van der Waals surface area contributed by atoms with E-state index in [4.69, 9.17) is 11.6 Å². The first-order chi connectivity index (χ1) is 14.0. The molecule has 1 aliphatic rings. The first kappa shape index (κ1) is 19.5. The summed E-state index contributed by atoms with van der Waals surface area (Å²) in [5.41, 5.74) is 1.66. The summed E-state index contributed by atoms with van der Waals surface area (Å²) in [6.45, 7) is 0.362. The van der Waals surface area contributed by atoms with E-state index < -0.39 is 11.5 Å². The Morgan fingerprint density at radius 1 is 1.24 bits per heavy atom. The van der Waals surface area contributed by atoms with Gasteiger partial charge < -0.3 is 10.4 Å². The molecule has 1 aromatic carbocycles. The van der Waals surface area contributed by atoms with E-state index in [9.17, 15) is 14.7 Å². The summed E-state index contributed by atoms with van der Waals surface area (Å²) < 4.78 is 1.51. The lowest BCUT2D eigenvalue weighted by Gasteiger charge is -2.28. The molecule has 1 amide bonds. The molecule has 1 fully saturated rings. The number of aromatic nitrogens is 3. The Labute approximate surface area is 172 Å². The van der Waals surface area contributed by atoms with Crippen LogP contribution in [-0.4, -0.2) is 37.0 Å². The Kier molecular flexibility index (Phi) is 5.60. The third-order valence-corrected chi connectivity index (χ3v) is 5.79. The van der Waals surface area contributed by atoms with Crippen molar-refractivity contribution >= 4 is 34.1 Å². The van der Waals surface area contributed by atoms with Crippen molar-refractivity contribution in [3.63, 3.8) is 0 Å². The van der Waals surface area contributed by atoms with Crippen LogP contribution in [0, 0.1) is 5.92 Å². The summed E-state index contributed by atoms with van der Waals surface area (Å²) in [6.07, 6.45) is 5.73. The second-order valence-electron chi connectivity index (χ2n) is 7.32. The molecule has 8 heteroatoms. The van der Waals surface area contributed by atoms with Gasteiger partial charge in [-0.1, -0.05) is 6.07 Å². The molecule has 2 N–H and O–H groups in total. The maximum Gasteiger partial charge on any atom is 0.263 e. The van der Waals surface area contributed by atoms with E-state index in [1.165, 1.54) is 10.9 Å². The highest BCUT2D eigenvalue weighted by Gasteiger charge is 2.32. The standard InChI is InChI=1S/C21H21ClN4O3/c22-15-10-14(4-5-18(15)27)20(28)25-17-3-1-2-16-19(17)21(29)26(12-24-16)11-13-6-8-23-9-7-13/h1-3,6-9,12,14-15,18,27H,4-5,10-11H2,(H,25,28). The van der Waals surface area contributed by atoms with Gasteiger partial charge in [-0.25, -0.2) is 4.98 Å². The summed E-state index contributed by atoms with van der Waals surface area (Å²) in [4.78, 5) is 34.2. The molecule has 2 heterocycles. The van der Waals surface area contributed by atoms with Gasteiger partial charge in [0.15, 0.2) is 0 Å². The van der Waals surface area contributed by atoms with E-state index in [2.05, 4.69) is 15.3 Å². The second kappa shape index (κ2) is 8.31. The molecule has 4 rings (SSSR count). The fourth-order valence-electron chi connectivity index (χ4n) is 3.67. The zero-order valence-corrected chi connectivity index (χ0v) is 16.4. The summed E-state index contributed by atoms with van der Waals surface area (Å²) in [7, 11) is 0. The van der Waals surface area contributed by atoms with Crippen LogP contribution in [-0.2, 0) is 11.3 Å². The first-order valence-corrected chi connectivity index (χ1v) is 9.96. The highest BCUT2D eigenvalue weighted by atomic mass is 35.5. The fraction of sp³-hybridized carbons (Fsp3) is 0.333. The van der Waals surface area contributed by atoms with Crippen LogP contribution in [0.3, 0.4) is 0 Å². The molecule has 29 heavy (non-hydrogen) atoms. The van der Waals surface area contributed by atoms with Gasteiger partial charge in [0.25, 0.3) is 5.56 Å². The Hall–Kier alpha value is -2.77. The minimum atomic E-state index is -0.581. The largest absolute Gasteiger partial charge is 0.392 e. The molecule has 0 bridgehead atoms. The van der Waals surface area contributed by atoms with Gasteiger partial charge in [-0.3, -0.25) is 19.1 Å². The van der Waals surface area contributed by atoms with Crippen molar-refractivity contribution in [3.8, 4) is 0 Å². The van der Waals surface area contributed by atoms with Crippen LogP contribution in [0.2, 0.25) is 0 Å². The number of aliphatic hydroxyl groups is 1. The third kappa shape index (κ3) is 4.16. The number of aliphatic hydroxyl groups excluding tert-OH is 1. The van der Waals surface area contributed by atoms with Gasteiger partial charge in [0.2, 0.25) is 5.91 Å². The average Bonchev–Trinajstić information content (AvgIpc) is 2.73. The maximum absolute atomic E-state index is 13.1. The average molecular weight is 413 g/mol. The molecule has 3 unspecified atom stereocenters. The minimum Gasteiger partial charge on any atom is -0.392 e. The molecule has 0 spiro atoms. The predicted molar refractivity (Wildman–Crippen MR) is 111 cm³/mol. The highest BCUT2D eigenvalue weighted by molar-refractivity contribution is 6.21. The predicted octanol–water partition coefficient (Wildman–Crippen LogP) is 2.55. The molecule has 2 aromatic heterocycles. The molecule has 0 radical (unpaired) electrons. The van der Waals surface area contributed by atoms with Gasteiger partial charge in [0.1, 0.15) is 0 Å².